The lowest BCUT2D eigenvalue weighted by Crippen LogP contribution is -2.39. The molecule has 0 N–H and O–H groups in total. The lowest BCUT2D eigenvalue weighted by atomic mass is 10.0. The highest BCUT2D eigenvalue weighted by Crippen LogP contribution is 2.32. The molecule has 3 rings (SSSR count). The highest BCUT2D eigenvalue weighted by atomic mass is 19.3. The zero-order valence-electron chi connectivity index (χ0n) is 10.1. The van der Waals surface area contributed by atoms with E-state index in [1.807, 2.05) is 23.1 Å². The van der Waals surface area contributed by atoms with E-state index < -0.39 is 5.92 Å². The van der Waals surface area contributed by atoms with Crippen LogP contribution in [0.25, 0.3) is 0 Å². The summed E-state index contributed by atoms with van der Waals surface area (Å²) in [7, 11) is 0. The predicted molar refractivity (Wildman–Crippen MR) is 65.5 cm³/mol. The molecular weight excluding hydrogens is 236 g/mol. The first-order valence-corrected chi connectivity index (χ1v) is 6.34. The Hall–Kier alpha value is -1.45. The van der Waals surface area contributed by atoms with E-state index in [0.717, 1.165) is 23.2 Å². The van der Waals surface area contributed by atoms with Gasteiger partial charge in [-0.05, 0) is 30.2 Å². The number of fused-ring (bicyclic) bond motifs is 1. The Balaban J connectivity index is 1.80. The van der Waals surface area contributed by atoms with Crippen LogP contribution in [0.2, 0.25) is 0 Å². The molecule has 0 amide bonds. The largest absolute Gasteiger partial charge is 0.371 e. The molecule has 0 spiro atoms. The monoisotopic (exact) mass is 251 g/mol. The number of hydrogen-bond acceptors (Lipinski definition) is 2. The fourth-order valence-electron chi connectivity index (χ4n) is 2.73. The van der Waals surface area contributed by atoms with Crippen molar-refractivity contribution in [2.24, 2.45) is 0 Å². The van der Waals surface area contributed by atoms with Crippen LogP contribution in [0.4, 0.5) is 14.5 Å². The summed E-state index contributed by atoms with van der Waals surface area (Å²) in [6.07, 6.45) is 1.20. The maximum Gasteiger partial charge on any atom is 0.251 e. The van der Waals surface area contributed by atoms with Crippen LogP contribution < -0.4 is 4.90 Å². The molecule has 0 aromatic heterocycles. The number of hydrogen-bond donors (Lipinski definition) is 0. The van der Waals surface area contributed by atoms with E-state index in [-0.39, 0.29) is 18.6 Å². The Bertz CT molecular complexity index is 489. The summed E-state index contributed by atoms with van der Waals surface area (Å²) >= 11 is 0. The van der Waals surface area contributed by atoms with Crippen molar-refractivity contribution in [2.75, 3.05) is 18.0 Å². The van der Waals surface area contributed by atoms with Crippen LogP contribution in [-0.2, 0) is 6.42 Å². The van der Waals surface area contributed by atoms with Crippen LogP contribution in [0, 0.1) is 0 Å². The molecule has 2 nitrogen and oxygen atoms in total. The van der Waals surface area contributed by atoms with Gasteiger partial charge in [0.2, 0.25) is 0 Å². The van der Waals surface area contributed by atoms with Gasteiger partial charge in [-0.1, -0.05) is 0 Å². The molecule has 96 valence electrons. The van der Waals surface area contributed by atoms with Gasteiger partial charge in [0.1, 0.15) is 0 Å². The number of carbonyl (C=O) groups is 1. The maximum absolute atomic E-state index is 13.1. The van der Waals surface area contributed by atoms with Gasteiger partial charge in [-0.15, -0.1) is 0 Å². The van der Waals surface area contributed by atoms with Gasteiger partial charge in [0.05, 0.1) is 0 Å². The van der Waals surface area contributed by atoms with E-state index in [2.05, 4.69) is 0 Å². The van der Waals surface area contributed by atoms with E-state index >= 15 is 0 Å². The minimum atomic E-state index is -2.51. The second-order valence-electron chi connectivity index (χ2n) is 5.11. The lowest BCUT2D eigenvalue weighted by molar-refractivity contribution is -0.0220. The fourth-order valence-corrected chi connectivity index (χ4v) is 2.73. The number of ketones is 1. The molecule has 0 saturated carbocycles. The number of nitrogens with zero attached hydrogens (tertiary/aromatic N) is 1. The second kappa shape index (κ2) is 4.04. The average Bonchev–Trinajstić information content (AvgIpc) is 2.71. The van der Waals surface area contributed by atoms with Crippen LogP contribution in [0.1, 0.15) is 35.2 Å². The van der Waals surface area contributed by atoms with Crippen molar-refractivity contribution in [3.63, 3.8) is 0 Å². The Morgan fingerprint density at radius 2 is 1.83 bits per heavy atom. The minimum Gasteiger partial charge on any atom is -0.371 e. The van der Waals surface area contributed by atoms with Crippen LogP contribution >= 0.6 is 0 Å². The molecule has 1 fully saturated rings. The summed E-state index contributed by atoms with van der Waals surface area (Å²) < 4.78 is 26.2. The van der Waals surface area contributed by atoms with Gasteiger partial charge in [0.15, 0.2) is 5.78 Å². The number of carbonyl (C=O) groups excluding carboxylic acids is 1. The molecule has 1 aromatic carbocycles. The average molecular weight is 251 g/mol. The van der Waals surface area contributed by atoms with Crippen molar-refractivity contribution in [3.05, 3.63) is 29.3 Å². The molecule has 18 heavy (non-hydrogen) atoms. The summed E-state index contributed by atoms with van der Waals surface area (Å²) in [6.45, 7) is 0.777. The number of Topliss-reactive ketones (excluding diaryl/α,β-unsaturated/α-hetero) is 1. The highest BCUT2D eigenvalue weighted by molar-refractivity contribution is 6.00. The van der Waals surface area contributed by atoms with Crippen molar-refractivity contribution >= 4 is 11.5 Å². The SMILES string of the molecule is O=C1CCc2cc(N3CCC(F)(F)CC3)ccc21. The summed E-state index contributed by atoms with van der Waals surface area (Å²) in [5, 5.41) is 0. The number of aryl methyl sites for hydroxylation is 1. The quantitative estimate of drug-likeness (QED) is 0.764. The molecule has 1 aliphatic heterocycles. The number of alkyl halides is 2. The third kappa shape index (κ3) is 2.00. The fraction of sp³-hybridized carbons (Fsp3) is 0.500. The van der Waals surface area contributed by atoms with E-state index in [9.17, 15) is 13.6 Å². The maximum atomic E-state index is 13.1. The van der Waals surface area contributed by atoms with Crippen LogP contribution in [-0.4, -0.2) is 24.8 Å². The van der Waals surface area contributed by atoms with E-state index in [0.29, 0.717) is 19.5 Å². The Morgan fingerprint density at radius 3 is 2.56 bits per heavy atom. The topological polar surface area (TPSA) is 20.3 Å². The van der Waals surface area contributed by atoms with Gasteiger partial charge in [0, 0.05) is 43.6 Å². The minimum absolute atomic E-state index is 0.0803. The zero-order valence-corrected chi connectivity index (χ0v) is 10.1. The molecule has 1 aliphatic carbocycles. The van der Waals surface area contributed by atoms with Crippen molar-refractivity contribution < 1.29 is 13.6 Å². The first kappa shape index (κ1) is 11.6. The highest BCUT2D eigenvalue weighted by Gasteiger charge is 2.34. The summed E-state index contributed by atoms with van der Waals surface area (Å²) in [4.78, 5) is 13.5. The van der Waals surface area contributed by atoms with Crippen molar-refractivity contribution in [1.29, 1.82) is 0 Å². The number of benzene rings is 1. The van der Waals surface area contributed by atoms with Crippen LogP contribution in [0.5, 0.6) is 0 Å². The Kier molecular flexibility index (Phi) is 2.61. The summed E-state index contributed by atoms with van der Waals surface area (Å²) in [5.41, 5.74) is 2.84. The smallest absolute Gasteiger partial charge is 0.251 e. The van der Waals surface area contributed by atoms with Crippen LogP contribution in [0.3, 0.4) is 0 Å². The normalized spacial score (nSPS) is 22.1. The van der Waals surface area contributed by atoms with Gasteiger partial charge in [0.25, 0.3) is 5.92 Å². The third-order valence-electron chi connectivity index (χ3n) is 3.87. The molecule has 4 heteroatoms. The molecule has 1 heterocycles. The van der Waals surface area contributed by atoms with Gasteiger partial charge in [-0.2, -0.15) is 0 Å². The molecule has 0 bridgehead atoms. The molecule has 0 radical (unpaired) electrons. The van der Waals surface area contributed by atoms with E-state index in [4.69, 9.17) is 0 Å². The first-order valence-electron chi connectivity index (χ1n) is 6.34. The third-order valence-corrected chi connectivity index (χ3v) is 3.87. The van der Waals surface area contributed by atoms with Gasteiger partial charge >= 0.3 is 0 Å². The Morgan fingerprint density at radius 1 is 1.11 bits per heavy atom. The number of halogens is 2. The summed E-state index contributed by atoms with van der Waals surface area (Å²) in [5.74, 6) is -2.31. The molecule has 2 aliphatic rings. The summed E-state index contributed by atoms with van der Waals surface area (Å²) in [6, 6.07) is 5.71. The zero-order chi connectivity index (χ0) is 12.8. The molecule has 1 aromatic rings. The molecule has 0 unspecified atom stereocenters. The predicted octanol–water partition coefficient (Wildman–Crippen LogP) is 3.05. The van der Waals surface area contributed by atoms with Gasteiger partial charge < -0.3 is 4.90 Å². The molecular formula is C14H15F2NO. The molecule has 1 saturated heterocycles. The van der Waals surface area contributed by atoms with Crippen molar-refractivity contribution in [1.82, 2.24) is 0 Å². The standard InChI is InChI=1S/C14H15F2NO/c15-14(16)5-7-17(8-6-14)11-2-3-12-10(9-11)1-4-13(12)18/h2-3,9H,1,4-8H2. The van der Waals surface area contributed by atoms with Crippen molar-refractivity contribution in [3.8, 4) is 0 Å². The lowest BCUT2D eigenvalue weighted by Gasteiger charge is -2.33. The van der Waals surface area contributed by atoms with Crippen molar-refractivity contribution in [2.45, 2.75) is 31.6 Å². The number of piperidine rings is 1. The second-order valence-corrected chi connectivity index (χ2v) is 5.11. The van der Waals surface area contributed by atoms with E-state index in [1.165, 1.54) is 0 Å². The van der Waals surface area contributed by atoms with E-state index in [1.54, 1.807) is 0 Å². The van der Waals surface area contributed by atoms with Gasteiger partial charge in [-0.25, -0.2) is 8.78 Å². The first-order chi connectivity index (χ1) is 8.55. The van der Waals surface area contributed by atoms with Crippen LogP contribution in [0.15, 0.2) is 18.2 Å². The van der Waals surface area contributed by atoms with Gasteiger partial charge in [-0.3, -0.25) is 4.79 Å². The number of anilines is 1. The Labute approximate surface area is 105 Å². The molecule has 0 atom stereocenters. The number of rotatable bonds is 1.